The fourth-order valence-electron chi connectivity index (χ4n) is 2.26. The van der Waals surface area contributed by atoms with Gasteiger partial charge in [0.05, 0.1) is 4.92 Å². The Morgan fingerprint density at radius 1 is 1.19 bits per heavy atom. The lowest BCUT2D eigenvalue weighted by Crippen LogP contribution is -2.36. The van der Waals surface area contributed by atoms with Crippen LogP contribution in [-0.4, -0.2) is 35.8 Å². The van der Waals surface area contributed by atoms with Crippen LogP contribution in [0.15, 0.2) is 18.2 Å². The van der Waals surface area contributed by atoms with Gasteiger partial charge >= 0.3 is 10.2 Å². The smallest absolute Gasteiger partial charge is 0.301 e. The van der Waals surface area contributed by atoms with E-state index in [-0.39, 0.29) is 0 Å². The summed E-state index contributed by atoms with van der Waals surface area (Å²) in [4.78, 5) is 10.2. The largest absolute Gasteiger partial charge is 0.505 e. The van der Waals surface area contributed by atoms with Crippen molar-refractivity contribution in [2.75, 3.05) is 17.8 Å². The molecule has 1 aliphatic heterocycles. The zero-order valence-corrected chi connectivity index (χ0v) is 12.2. The minimum absolute atomic E-state index is 0.372. The first-order chi connectivity index (χ1) is 9.92. The number of nitro benzene ring substituents is 1. The summed E-state index contributed by atoms with van der Waals surface area (Å²) in [5.41, 5.74) is -0.875. The van der Waals surface area contributed by atoms with Gasteiger partial charge in [-0.15, -0.1) is 0 Å². The Balaban J connectivity index is 2.30. The Morgan fingerprint density at radius 3 is 2.38 bits per heavy atom. The van der Waals surface area contributed by atoms with Gasteiger partial charge in [-0.25, -0.2) is 0 Å². The SMILES string of the molecule is O=[N+]([O-])c1cccc(O)c1NS(=O)(=O)N1CCCCCC1. The van der Waals surface area contributed by atoms with Crippen LogP contribution in [-0.2, 0) is 10.2 Å². The Labute approximate surface area is 122 Å². The van der Waals surface area contributed by atoms with Crippen LogP contribution >= 0.6 is 0 Å². The van der Waals surface area contributed by atoms with Gasteiger partial charge in [-0.1, -0.05) is 18.9 Å². The zero-order valence-electron chi connectivity index (χ0n) is 11.4. The molecule has 0 bridgehead atoms. The first-order valence-electron chi connectivity index (χ1n) is 6.66. The number of nitro groups is 1. The monoisotopic (exact) mass is 315 g/mol. The van der Waals surface area contributed by atoms with Gasteiger partial charge in [0.2, 0.25) is 0 Å². The number of nitrogens with one attached hydrogen (secondary N) is 1. The highest BCUT2D eigenvalue weighted by atomic mass is 32.2. The molecule has 2 N–H and O–H groups in total. The molecule has 0 saturated carbocycles. The second-order valence-electron chi connectivity index (χ2n) is 4.85. The Kier molecular flexibility index (Phi) is 4.63. The van der Waals surface area contributed by atoms with Crippen LogP contribution in [0.1, 0.15) is 25.7 Å². The number of anilines is 1. The second kappa shape index (κ2) is 6.27. The molecule has 8 nitrogen and oxygen atoms in total. The predicted molar refractivity (Wildman–Crippen MR) is 77.3 cm³/mol. The van der Waals surface area contributed by atoms with Crippen LogP contribution < -0.4 is 4.72 Å². The quantitative estimate of drug-likeness (QED) is 0.500. The maximum atomic E-state index is 12.3. The first kappa shape index (κ1) is 15.5. The number of hydrogen-bond acceptors (Lipinski definition) is 5. The summed E-state index contributed by atoms with van der Waals surface area (Å²) in [7, 11) is -3.92. The fraction of sp³-hybridized carbons (Fsp3) is 0.500. The molecule has 2 rings (SSSR count). The van der Waals surface area contributed by atoms with Crippen molar-refractivity contribution in [3.63, 3.8) is 0 Å². The van der Waals surface area contributed by atoms with E-state index in [1.54, 1.807) is 0 Å². The molecular weight excluding hydrogens is 298 g/mol. The molecule has 0 radical (unpaired) electrons. The average Bonchev–Trinajstić information content (AvgIpc) is 2.70. The summed E-state index contributed by atoms with van der Waals surface area (Å²) in [6.07, 6.45) is 3.43. The normalized spacial score (nSPS) is 17.1. The van der Waals surface area contributed by atoms with Gasteiger partial charge in [-0.3, -0.25) is 14.8 Å². The molecule has 1 heterocycles. The molecule has 116 valence electrons. The third kappa shape index (κ3) is 3.61. The number of hydrogen-bond donors (Lipinski definition) is 2. The summed E-state index contributed by atoms with van der Waals surface area (Å²) in [5.74, 6) is -0.470. The summed E-state index contributed by atoms with van der Waals surface area (Å²) >= 11 is 0. The Morgan fingerprint density at radius 2 is 1.81 bits per heavy atom. The fourth-order valence-corrected chi connectivity index (χ4v) is 3.60. The minimum atomic E-state index is -3.92. The molecular formula is C12H17N3O5S. The number of nitrogens with zero attached hydrogens (tertiary/aromatic N) is 2. The minimum Gasteiger partial charge on any atom is -0.505 e. The van der Waals surface area contributed by atoms with Crippen molar-refractivity contribution >= 4 is 21.6 Å². The number of aromatic hydroxyl groups is 1. The Bertz CT molecular complexity index is 624. The first-order valence-corrected chi connectivity index (χ1v) is 8.10. The lowest BCUT2D eigenvalue weighted by atomic mass is 10.2. The van der Waals surface area contributed by atoms with Crippen molar-refractivity contribution in [3.8, 4) is 5.75 Å². The van der Waals surface area contributed by atoms with Crippen molar-refractivity contribution in [2.45, 2.75) is 25.7 Å². The van der Waals surface area contributed by atoms with E-state index in [0.717, 1.165) is 31.7 Å². The topological polar surface area (TPSA) is 113 Å². The van der Waals surface area contributed by atoms with Crippen LogP contribution in [0.2, 0.25) is 0 Å². The molecule has 0 amide bonds. The number of benzene rings is 1. The van der Waals surface area contributed by atoms with E-state index in [0.29, 0.717) is 13.1 Å². The van der Waals surface area contributed by atoms with Crippen LogP contribution in [0, 0.1) is 10.1 Å². The van der Waals surface area contributed by atoms with Crippen molar-refractivity contribution in [2.24, 2.45) is 0 Å². The number of para-hydroxylation sites is 1. The van der Waals surface area contributed by atoms with E-state index >= 15 is 0 Å². The summed E-state index contributed by atoms with van der Waals surface area (Å²) < 4.78 is 28.0. The zero-order chi connectivity index (χ0) is 15.5. The van der Waals surface area contributed by atoms with Gasteiger partial charge < -0.3 is 5.11 Å². The lowest BCUT2D eigenvalue weighted by molar-refractivity contribution is -0.383. The van der Waals surface area contributed by atoms with Crippen molar-refractivity contribution in [1.82, 2.24) is 4.31 Å². The highest BCUT2D eigenvalue weighted by Gasteiger charge is 2.27. The third-order valence-corrected chi connectivity index (χ3v) is 4.86. The van der Waals surface area contributed by atoms with E-state index in [9.17, 15) is 23.6 Å². The molecule has 0 aromatic heterocycles. The standard InChI is InChI=1S/C12H17N3O5S/c16-11-7-5-6-10(15(17)18)12(11)13-21(19,20)14-8-3-1-2-4-9-14/h5-7,13,16H,1-4,8-9H2. The number of phenols is 1. The second-order valence-corrected chi connectivity index (χ2v) is 6.52. The molecule has 1 aromatic rings. The van der Waals surface area contributed by atoms with Gasteiger partial charge in [0.1, 0.15) is 5.75 Å². The molecule has 0 spiro atoms. The van der Waals surface area contributed by atoms with Crippen molar-refractivity contribution in [1.29, 1.82) is 0 Å². The summed E-state index contributed by atoms with van der Waals surface area (Å²) in [6.45, 7) is 0.744. The van der Waals surface area contributed by atoms with Gasteiger partial charge in [0.15, 0.2) is 5.69 Å². The molecule has 0 unspecified atom stereocenters. The molecule has 9 heteroatoms. The highest BCUT2D eigenvalue weighted by molar-refractivity contribution is 7.90. The van der Waals surface area contributed by atoms with Crippen LogP contribution in [0.25, 0.3) is 0 Å². The van der Waals surface area contributed by atoms with E-state index in [2.05, 4.69) is 4.72 Å². The van der Waals surface area contributed by atoms with Crippen molar-refractivity contribution < 1.29 is 18.4 Å². The molecule has 1 aromatic carbocycles. The maximum absolute atomic E-state index is 12.3. The molecule has 1 saturated heterocycles. The summed E-state index contributed by atoms with van der Waals surface area (Å²) in [5, 5.41) is 20.6. The predicted octanol–water partition coefficient (Wildman–Crippen LogP) is 1.83. The third-order valence-electron chi connectivity index (χ3n) is 3.35. The van der Waals surface area contributed by atoms with Gasteiger partial charge in [-0.05, 0) is 18.9 Å². The van der Waals surface area contributed by atoms with E-state index < -0.39 is 32.3 Å². The van der Waals surface area contributed by atoms with Crippen LogP contribution in [0.5, 0.6) is 5.75 Å². The van der Waals surface area contributed by atoms with E-state index in [1.165, 1.54) is 16.4 Å². The summed E-state index contributed by atoms with van der Waals surface area (Å²) in [6, 6.07) is 3.63. The van der Waals surface area contributed by atoms with Gasteiger partial charge in [0, 0.05) is 19.2 Å². The number of rotatable bonds is 4. The molecule has 1 aliphatic rings. The van der Waals surface area contributed by atoms with Gasteiger partial charge in [0.25, 0.3) is 5.69 Å². The van der Waals surface area contributed by atoms with E-state index in [1.807, 2.05) is 0 Å². The highest BCUT2D eigenvalue weighted by Crippen LogP contribution is 2.34. The molecule has 21 heavy (non-hydrogen) atoms. The Hall–Kier alpha value is -1.87. The van der Waals surface area contributed by atoms with Crippen LogP contribution in [0.3, 0.4) is 0 Å². The van der Waals surface area contributed by atoms with Crippen molar-refractivity contribution in [3.05, 3.63) is 28.3 Å². The average molecular weight is 315 g/mol. The molecule has 0 aliphatic carbocycles. The van der Waals surface area contributed by atoms with E-state index in [4.69, 9.17) is 0 Å². The van der Waals surface area contributed by atoms with Crippen LogP contribution in [0.4, 0.5) is 11.4 Å². The molecule has 1 fully saturated rings. The van der Waals surface area contributed by atoms with Gasteiger partial charge in [-0.2, -0.15) is 12.7 Å². The lowest BCUT2D eigenvalue weighted by Gasteiger charge is -2.20. The molecule has 0 atom stereocenters. The number of phenolic OH excluding ortho intramolecular Hbond substituents is 1. The maximum Gasteiger partial charge on any atom is 0.301 e.